The van der Waals surface area contributed by atoms with Gasteiger partial charge in [0.2, 0.25) is 11.5 Å². The quantitative estimate of drug-likeness (QED) is 0.713. The number of aromatic nitrogens is 1. The van der Waals surface area contributed by atoms with E-state index in [0.29, 0.717) is 31.6 Å². The first kappa shape index (κ1) is 19.9. The van der Waals surface area contributed by atoms with Gasteiger partial charge in [-0.1, -0.05) is 12.8 Å². The number of carboxylic acids is 1. The van der Waals surface area contributed by atoms with Gasteiger partial charge < -0.3 is 19.7 Å². The first-order chi connectivity index (χ1) is 13.5. The van der Waals surface area contributed by atoms with Crippen LogP contribution in [0.15, 0.2) is 35.1 Å². The molecule has 1 aliphatic rings. The Bertz CT molecular complexity index is 907. The van der Waals surface area contributed by atoms with Crippen LogP contribution in [0, 0.1) is 5.92 Å². The SMILES string of the molecule is CN(C(=O)CCCOc1ccc2[nH]c(=O)ccc2c1)C1CCCCC1C(=O)O. The summed E-state index contributed by atoms with van der Waals surface area (Å²) >= 11 is 0. The second-order valence-corrected chi connectivity index (χ2v) is 7.32. The molecule has 150 valence electrons. The number of nitrogens with zero attached hydrogens (tertiary/aromatic N) is 1. The molecule has 1 amide bonds. The third-order valence-electron chi connectivity index (χ3n) is 5.44. The molecule has 2 unspecified atom stereocenters. The maximum absolute atomic E-state index is 12.5. The molecule has 0 radical (unpaired) electrons. The Morgan fingerprint density at radius 3 is 2.79 bits per heavy atom. The number of carbonyl (C=O) groups excluding carboxylic acids is 1. The standard InChI is InChI=1S/C21H26N2O5/c1-23(18-6-3-2-5-16(18)21(26)27)20(25)7-4-12-28-15-9-10-17-14(13-15)8-11-19(24)22-17/h8-11,13,16,18H,2-7,12H2,1H3,(H,22,24)(H,26,27). The fourth-order valence-electron chi connectivity index (χ4n) is 3.86. The number of carboxylic acid groups (broad SMARTS) is 1. The first-order valence-corrected chi connectivity index (χ1v) is 9.70. The molecule has 1 aromatic heterocycles. The van der Waals surface area contributed by atoms with Gasteiger partial charge in [0.25, 0.3) is 0 Å². The number of aromatic amines is 1. The maximum atomic E-state index is 12.5. The zero-order valence-electron chi connectivity index (χ0n) is 16.0. The minimum absolute atomic E-state index is 0.0437. The zero-order valence-corrected chi connectivity index (χ0v) is 16.0. The lowest BCUT2D eigenvalue weighted by molar-refractivity contribution is -0.147. The van der Waals surface area contributed by atoms with Gasteiger partial charge in [-0.3, -0.25) is 14.4 Å². The molecule has 0 bridgehead atoms. The summed E-state index contributed by atoms with van der Waals surface area (Å²) in [6.07, 6.45) is 4.12. The number of hydrogen-bond acceptors (Lipinski definition) is 4. The Labute approximate surface area is 163 Å². The van der Waals surface area contributed by atoms with Crippen molar-refractivity contribution < 1.29 is 19.4 Å². The van der Waals surface area contributed by atoms with Crippen LogP contribution in [-0.2, 0) is 9.59 Å². The number of pyridine rings is 1. The van der Waals surface area contributed by atoms with Crippen LogP contribution in [0.1, 0.15) is 38.5 Å². The molecule has 7 nitrogen and oxygen atoms in total. The van der Waals surface area contributed by atoms with E-state index in [1.807, 2.05) is 6.07 Å². The number of amides is 1. The van der Waals surface area contributed by atoms with E-state index in [0.717, 1.165) is 30.2 Å². The molecule has 2 N–H and O–H groups in total. The Morgan fingerprint density at radius 1 is 1.21 bits per heavy atom. The highest BCUT2D eigenvalue weighted by atomic mass is 16.5. The van der Waals surface area contributed by atoms with Gasteiger partial charge >= 0.3 is 5.97 Å². The van der Waals surface area contributed by atoms with Crippen molar-refractivity contribution in [3.63, 3.8) is 0 Å². The summed E-state index contributed by atoms with van der Waals surface area (Å²) in [4.78, 5) is 39.6. The number of aliphatic carboxylic acids is 1. The molecule has 2 aromatic rings. The van der Waals surface area contributed by atoms with Crippen molar-refractivity contribution in [3.8, 4) is 5.75 Å². The Hall–Kier alpha value is -2.83. The van der Waals surface area contributed by atoms with Crippen LogP contribution in [0.5, 0.6) is 5.75 Å². The van der Waals surface area contributed by atoms with Crippen molar-refractivity contribution in [2.24, 2.45) is 5.92 Å². The Kier molecular flexibility index (Phi) is 6.34. The average Bonchev–Trinajstić information content (AvgIpc) is 2.70. The lowest BCUT2D eigenvalue weighted by Gasteiger charge is -2.35. The minimum atomic E-state index is -0.815. The number of ether oxygens (including phenoxy) is 1. The number of H-pyrrole nitrogens is 1. The fraction of sp³-hybridized carbons (Fsp3) is 0.476. The van der Waals surface area contributed by atoms with Gasteiger partial charge in [0.05, 0.1) is 12.5 Å². The Morgan fingerprint density at radius 2 is 2.00 bits per heavy atom. The normalized spacial score (nSPS) is 19.3. The topological polar surface area (TPSA) is 99.7 Å². The van der Waals surface area contributed by atoms with Gasteiger partial charge in [-0.05, 0) is 43.5 Å². The van der Waals surface area contributed by atoms with Crippen LogP contribution in [-0.4, -0.2) is 46.6 Å². The van der Waals surface area contributed by atoms with Crippen molar-refractivity contribution >= 4 is 22.8 Å². The van der Waals surface area contributed by atoms with E-state index in [-0.39, 0.29) is 17.5 Å². The molecule has 1 saturated carbocycles. The summed E-state index contributed by atoms with van der Waals surface area (Å²) in [5.74, 6) is -0.648. The molecule has 2 atom stereocenters. The number of hydrogen-bond donors (Lipinski definition) is 2. The molecule has 1 heterocycles. The average molecular weight is 386 g/mol. The predicted octanol–water partition coefficient (Wildman–Crippen LogP) is 2.79. The monoisotopic (exact) mass is 386 g/mol. The smallest absolute Gasteiger partial charge is 0.308 e. The van der Waals surface area contributed by atoms with Gasteiger partial charge in [-0.25, -0.2) is 0 Å². The van der Waals surface area contributed by atoms with Gasteiger partial charge in [0, 0.05) is 36.5 Å². The van der Waals surface area contributed by atoms with Gasteiger partial charge in [0.15, 0.2) is 0 Å². The molecular weight excluding hydrogens is 360 g/mol. The summed E-state index contributed by atoms with van der Waals surface area (Å²) in [6, 6.07) is 8.41. The van der Waals surface area contributed by atoms with Crippen LogP contribution in [0.25, 0.3) is 10.9 Å². The molecule has 28 heavy (non-hydrogen) atoms. The summed E-state index contributed by atoms with van der Waals surface area (Å²) in [5, 5.41) is 10.3. The molecular formula is C21H26N2O5. The third-order valence-corrected chi connectivity index (χ3v) is 5.44. The van der Waals surface area contributed by atoms with Crippen molar-refractivity contribution in [2.75, 3.05) is 13.7 Å². The zero-order chi connectivity index (χ0) is 20.1. The lowest BCUT2D eigenvalue weighted by Crippen LogP contribution is -2.46. The third kappa shape index (κ3) is 4.71. The van der Waals surface area contributed by atoms with E-state index in [2.05, 4.69) is 4.98 Å². The van der Waals surface area contributed by atoms with Crippen LogP contribution in [0.2, 0.25) is 0 Å². The number of fused-ring (bicyclic) bond motifs is 1. The fourth-order valence-corrected chi connectivity index (χ4v) is 3.86. The van der Waals surface area contributed by atoms with E-state index >= 15 is 0 Å². The van der Waals surface area contributed by atoms with Crippen LogP contribution in [0.3, 0.4) is 0 Å². The van der Waals surface area contributed by atoms with Crippen molar-refractivity contribution in [2.45, 2.75) is 44.6 Å². The first-order valence-electron chi connectivity index (χ1n) is 9.70. The molecule has 0 aliphatic heterocycles. The molecule has 1 fully saturated rings. The molecule has 0 spiro atoms. The van der Waals surface area contributed by atoms with Gasteiger partial charge in [0.1, 0.15) is 5.75 Å². The lowest BCUT2D eigenvalue weighted by atomic mass is 9.83. The Balaban J connectivity index is 1.49. The van der Waals surface area contributed by atoms with Gasteiger partial charge in [-0.15, -0.1) is 0 Å². The number of rotatable bonds is 7. The van der Waals surface area contributed by atoms with E-state index in [1.54, 1.807) is 30.1 Å². The highest BCUT2D eigenvalue weighted by molar-refractivity contribution is 5.80. The molecule has 0 saturated heterocycles. The van der Waals surface area contributed by atoms with Crippen molar-refractivity contribution in [1.29, 1.82) is 0 Å². The maximum Gasteiger partial charge on any atom is 0.308 e. The molecule has 1 aromatic carbocycles. The summed E-state index contributed by atoms with van der Waals surface area (Å²) in [7, 11) is 1.71. The number of benzene rings is 1. The number of carbonyl (C=O) groups is 2. The molecule has 1 aliphatic carbocycles. The van der Waals surface area contributed by atoms with Crippen LogP contribution in [0.4, 0.5) is 0 Å². The summed E-state index contributed by atoms with van der Waals surface area (Å²) < 4.78 is 5.72. The van der Waals surface area contributed by atoms with Crippen LogP contribution >= 0.6 is 0 Å². The van der Waals surface area contributed by atoms with E-state index < -0.39 is 11.9 Å². The predicted molar refractivity (Wildman–Crippen MR) is 105 cm³/mol. The van der Waals surface area contributed by atoms with Crippen molar-refractivity contribution in [3.05, 3.63) is 40.7 Å². The number of nitrogens with one attached hydrogen (secondary N) is 1. The highest BCUT2D eigenvalue weighted by Gasteiger charge is 2.35. The molecule has 7 heteroatoms. The van der Waals surface area contributed by atoms with Crippen molar-refractivity contribution in [1.82, 2.24) is 9.88 Å². The van der Waals surface area contributed by atoms with E-state index in [9.17, 15) is 19.5 Å². The summed E-state index contributed by atoms with van der Waals surface area (Å²) in [5.41, 5.74) is 0.601. The van der Waals surface area contributed by atoms with Crippen LogP contribution < -0.4 is 10.3 Å². The molecule has 3 rings (SSSR count). The van der Waals surface area contributed by atoms with Gasteiger partial charge in [-0.2, -0.15) is 0 Å². The second kappa shape index (κ2) is 8.91. The largest absolute Gasteiger partial charge is 0.494 e. The van der Waals surface area contributed by atoms with E-state index in [4.69, 9.17) is 4.74 Å². The van der Waals surface area contributed by atoms with E-state index in [1.165, 1.54) is 6.07 Å². The minimum Gasteiger partial charge on any atom is -0.494 e. The summed E-state index contributed by atoms with van der Waals surface area (Å²) in [6.45, 7) is 0.390. The second-order valence-electron chi connectivity index (χ2n) is 7.32. The highest BCUT2D eigenvalue weighted by Crippen LogP contribution is 2.28.